The Kier molecular flexibility index (Phi) is 4.83. The Morgan fingerprint density at radius 2 is 1.13 bits per heavy atom. The zero-order valence-electron chi connectivity index (χ0n) is 18.7. The van der Waals surface area contributed by atoms with Crippen LogP contribution < -0.4 is 5.46 Å². The Morgan fingerprint density at radius 3 is 1.57 bits per heavy atom. The van der Waals surface area contributed by atoms with Crippen molar-refractivity contribution in [2.45, 2.75) is 52.4 Å². The van der Waals surface area contributed by atoms with Gasteiger partial charge in [-0.1, -0.05) is 71.9 Å². The van der Waals surface area contributed by atoms with Gasteiger partial charge in [-0.05, 0) is 52.3 Å². The van der Waals surface area contributed by atoms with Gasteiger partial charge in [-0.2, -0.15) is 0 Å². The van der Waals surface area contributed by atoms with Crippen molar-refractivity contribution in [3.63, 3.8) is 0 Å². The van der Waals surface area contributed by atoms with Crippen LogP contribution in [0.3, 0.4) is 0 Å². The summed E-state index contributed by atoms with van der Waals surface area (Å²) in [4.78, 5) is 0. The largest absolute Gasteiger partial charge is 0.490 e. The summed E-state index contributed by atoms with van der Waals surface area (Å²) in [7, 11) is -1.53. The van der Waals surface area contributed by atoms with Gasteiger partial charge in [-0.25, -0.2) is 0 Å². The molecule has 0 aliphatic carbocycles. The van der Waals surface area contributed by atoms with Crippen LogP contribution in [-0.4, -0.2) is 21.7 Å². The maximum Gasteiger partial charge on any atom is 0.490 e. The molecule has 154 valence electrons. The molecule has 0 saturated carbocycles. The molecule has 3 aromatic carbocycles. The fourth-order valence-corrected chi connectivity index (χ4v) is 4.13. The van der Waals surface area contributed by atoms with Crippen molar-refractivity contribution in [1.82, 2.24) is 4.57 Å². The molecule has 0 unspecified atom stereocenters. The highest BCUT2D eigenvalue weighted by Gasteiger charge is 2.23. The van der Waals surface area contributed by atoms with E-state index in [4.69, 9.17) is 0 Å². The molecule has 30 heavy (non-hydrogen) atoms. The van der Waals surface area contributed by atoms with E-state index in [1.165, 1.54) is 21.9 Å². The predicted molar refractivity (Wildman–Crippen MR) is 128 cm³/mol. The second-order valence-corrected chi connectivity index (χ2v) is 10.2. The Morgan fingerprint density at radius 1 is 0.667 bits per heavy atom. The van der Waals surface area contributed by atoms with E-state index >= 15 is 0 Å². The van der Waals surface area contributed by atoms with Crippen LogP contribution in [0.4, 0.5) is 0 Å². The lowest BCUT2D eigenvalue weighted by atomic mass is 9.79. The fourth-order valence-electron chi connectivity index (χ4n) is 4.13. The first-order valence-electron chi connectivity index (χ1n) is 10.5. The number of rotatable bonds is 2. The molecule has 4 heteroatoms. The summed E-state index contributed by atoms with van der Waals surface area (Å²) >= 11 is 0. The molecule has 0 aliphatic heterocycles. The molecular formula is C26H30BNO2. The van der Waals surface area contributed by atoms with Crippen LogP contribution in [-0.2, 0) is 10.8 Å². The molecule has 4 aromatic rings. The third-order valence-electron chi connectivity index (χ3n) is 5.95. The maximum atomic E-state index is 9.99. The Bertz CT molecular complexity index is 1170. The summed E-state index contributed by atoms with van der Waals surface area (Å²) < 4.78 is 2.15. The Balaban J connectivity index is 2.15. The molecule has 0 spiro atoms. The smallest absolute Gasteiger partial charge is 0.423 e. The van der Waals surface area contributed by atoms with Crippen molar-refractivity contribution >= 4 is 34.4 Å². The van der Waals surface area contributed by atoms with Crippen LogP contribution in [0.15, 0.2) is 60.7 Å². The van der Waals surface area contributed by atoms with Crippen molar-refractivity contribution in [1.29, 1.82) is 0 Å². The fraction of sp³-hybridized carbons (Fsp3) is 0.308. The van der Waals surface area contributed by atoms with Gasteiger partial charge in [-0.3, -0.25) is 0 Å². The minimum Gasteiger partial charge on any atom is -0.423 e. The zero-order valence-corrected chi connectivity index (χ0v) is 18.7. The quantitative estimate of drug-likeness (QED) is 0.463. The van der Waals surface area contributed by atoms with Crippen molar-refractivity contribution < 1.29 is 10.0 Å². The van der Waals surface area contributed by atoms with E-state index in [0.717, 1.165) is 16.7 Å². The maximum absolute atomic E-state index is 9.99. The van der Waals surface area contributed by atoms with E-state index < -0.39 is 7.12 Å². The molecule has 1 heterocycles. The third-order valence-corrected chi connectivity index (χ3v) is 5.95. The monoisotopic (exact) mass is 399 g/mol. The van der Waals surface area contributed by atoms with Gasteiger partial charge in [0.1, 0.15) is 0 Å². The second-order valence-electron chi connectivity index (χ2n) is 10.2. The molecule has 1 aromatic heterocycles. The van der Waals surface area contributed by atoms with Gasteiger partial charge in [0, 0.05) is 21.9 Å². The first-order valence-corrected chi connectivity index (χ1v) is 10.5. The van der Waals surface area contributed by atoms with E-state index in [9.17, 15) is 10.0 Å². The number of hydrogen-bond donors (Lipinski definition) is 2. The molecule has 0 bridgehead atoms. The van der Waals surface area contributed by atoms with Gasteiger partial charge in [0.2, 0.25) is 0 Å². The summed E-state index contributed by atoms with van der Waals surface area (Å²) in [6, 6.07) is 20.7. The zero-order chi connectivity index (χ0) is 21.8. The van der Waals surface area contributed by atoms with Crippen LogP contribution in [0.1, 0.15) is 52.7 Å². The molecule has 0 fully saturated rings. The molecule has 0 radical (unpaired) electrons. The van der Waals surface area contributed by atoms with E-state index in [0.29, 0.717) is 5.46 Å². The van der Waals surface area contributed by atoms with E-state index in [-0.39, 0.29) is 10.8 Å². The van der Waals surface area contributed by atoms with Crippen molar-refractivity contribution in [2.24, 2.45) is 0 Å². The molecule has 0 aliphatic rings. The van der Waals surface area contributed by atoms with Gasteiger partial charge in [0.05, 0.1) is 11.0 Å². The Labute approximate surface area is 179 Å². The van der Waals surface area contributed by atoms with Gasteiger partial charge >= 0.3 is 7.12 Å². The van der Waals surface area contributed by atoms with E-state index in [1.54, 1.807) is 6.07 Å². The standard InChI is InChI=1S/C26H30BNO2/c1-25(2,3)17-11-13-22-19(15-17)20-16-18(26(4,5)6)12-14-23(20)28(22)24-10-8-7-9-21(24)27(29)30/h7-16,29-30H,1-6H3. The SMILES string of the molecule is CC(C)(C)c1ccc2c(c1)c1cc(C(C)(C)C)ccc1n2-c1ccccc1B(O)O. The van der Waals surface area contributed by atoms with Crippen LogP contribution in [0.5, 0.6) is 0 Å². The molecule has 0 amide bonds. The van der Waals surface area contributed by atoms with Gasteiger partial charge < -0.3 is 14.6 Å². The normalized spacial score (nSPS) is 12.7. The predicted octanol–water partition coefficient (Wildman–Crippen LogP) is 5.06. The lowest BCUT2D eigenvalue weighted by Gasteiger charge is -2.19. The number of nitrogens with zero attached hydrogens (tertiary/aromatic N) is 1. The lowest BCUT2D eigenvalue weighted by molar-refractivity contribution is 0.425. The minimum atomic E-state index is -1.53. The molecule has 0 atom stereocenters. The molecule has 3 nitrogen and oxygen atoms in total. The number of aromatic nitrogens is 1. The summed E-state index contributed by atoms with van der Waals surface area (Å²) in [6.07, 6.45) is 0. The molecular weight excluding hydrogens is 369 g/mol. The van der Waals surface area contributed by atoms with Gasteiger partial charge in [0.25, 0.3) is 0 Å². The van der Waals surface area contributed by atoms with Crippen LogP contribution in [0.2, 0.25) is 0 Å². The van der Waals surface area contributed by atoms with Crippen molar-refractivity contribution in [3.05, 3.63) is 71.8 Å². The summed E-state index contributed by atoms with van der Waals surface area (Å²) in [6.45, 7) is 13.4. The number of benzene rings is 3. The summed E-state index contributed by atoms with van der Waals surface area (Å²) in [5.74, 6) is 0. The van der Waals surface area contributed by atoms with E-state index in [2.05, 4.69) is 82.5 Å². The van der Waals surface area contributed by atoms with Crippen molar-refractivity contribution in [3.8, 4) is 5.69 Å². The molecule has 2 N–H and O–H groups in total. The molecule has 4 rings (SSSR count). The first kappa shape index (κ1) is 20.7. The number of para-hydroxylation sites is 1. The minimum absolute atomic E-state index is 0.0451. The van der Waals surface area contributed by atoms with Gasteiger partial charge in [0.15, 0.2) is 0 Å². The average Bonchev–Trinajstić information content (AvgIpc) is 2.99. The highest BCUT2D eigenvalue weighted by Crippen LogP contribution is 2.37. The van der Waals surface area contributed by atoms with Gasteiger partial charge in [-0.15, -0.1) is 0 Å². The van der Waals surface area contributed by atoms with Crippen LogP contribution >= 0.6 is 0 Å². The lowest BCUT2D eigenvalue weighted by Crippen LogP contribution is -2.33. The second kappa shape index (κ2) is 7.00. The number of hydrogen-bond acceptors (Lipinski definition) is 2. The first-order chi connectivity index (χ1) is 14.0. The van der Waals surface area contributed by atoms with Crippen molar-refractivity contribution in [2.75, 3.05) is 0 Å². The Hall–Kier alpha value is -2.56. The highest BCUT2D eigenvalue weighted by atomic mass is 16.4. The summed E-state index contributed by atoms with van der Waals surface area (Å²) in [5, 5.41) is 22.4. The summed E-state index contributed by atoms with van der Waals surface area (Å²) in [5.41, 5.74) is 6.08. The third kappa shape index (κ3) is 3.44. The molecule has 0 saturated heterocycles. The van der Waals surface area contributed by atoms with Crippen LogP contribution in [0, 0.1) is 0 Å². The van der Waals surface area contributed by atoms with E-state index in [1.807, 2.05) is 18.2 Å². The highest BCUT2D eigenvalue weighted by molar-refractivity contribution is 6.60. The topological polar surface area (TPSA) is 45.4 Å². The average molecular weight is 399 g/mol. The van der Waals surface area contributed by atoms with Crippen LogP contribution in [0.25, 0.3) is 27.5 Å². The number of fused-ring (bicyclic) bond motifs is 3.